The van der Waals surface area contributed by atoms with Gasteiger partial charge in [0.25, 0.3) is 0 Å². The van der Waals surface area contributed by atoms with E-state index in [1.807, 2.05) is 32.0 Å². The lowest BCUT2D eigenvalue weighted by molar-refractivity contribution is -0.122. The first kappa shape index (κ1) is 12.1. The van der Waals surface area contributed by atoms with Crippen molar-refractivity contribution in [3.63, 3.8) is 0 Å². The van der Waals surface area contributed by atoms with Crippen molar-refractivity contribution >= 4 is 17.4 Å². The van der Waals surface area contributed by atoms with Crippen LogP contribution < -0.4 is 4.74 Å². The number of halogens is 1. The van der Waals surface area contributed by atoms with Crippen molar-refractivity contribution < 1.29 is 9.53 Å². The third kappa shape index (κ3) is 3.24. The zero-order valence-electron chi connectivity index (χ0n) is 9.21. The van der Waals surface area contributed by atoms with Gasteiger partial charge in [0.05, 0.1) is 5.88 Å². The van der Waals surface area contributed by atoms with Gasteiger partial charge in [-0.25, -0.2) is 0 Å². The second-order valence-electron chi connectivity index (χ2n) is 3.63. The average molecular weight is 227 g/mol. The van der Waals surface area contributed by atoms with Gasteiger partial charge < -0.3 is 4.74 Å². The standard InChI is InChI=1S/C12H15ClO2/c1-8-4-5-12(9(2)6-8)15-10(3)11(14)7-13/h4-6,10H,7H2,1-3H3. The van der Waals surface area contributed by atoms with E-state index in [1.54, 1.807) is 6.92 Å². The summed E-state index contributed by atoms with van der Waals surface area (Å²) in [6.07, 6.45) is -0.482. The van der Waals surface area contributed by atoms with Crippen molar-refractivity contribution in [1.29, 1.82) is 0 Å². The average Bonchev–Trinajstić information content (AvgIpc) is 2.20. The maximum atomic E-state index is 11.2. The van der Waals surface area contributed by atoms with Crippen LogP contribution >= 0.6 is 11.6 Å². The third-order valence-corrected chi connectivity index (χ3v) is 2.48. The van der Waals surface area contributed by atoms with Gasteiger partial charge in [0.2, 0.25) is 0 Å². The molecular formula is C12H15ClO2. The van der Waals surface area contributed by atoms with Crippen LogP contribution in [0.3, 0.4) is 0 Å². The Hall–Kier alpha value is -1.02. The summed E-state index contributed by atoms with van der Waals surface area (Å²) in [4.78, 5) is 11.2. The first-order valence-electron chi connectivity index (χ1n) is 4.87. The van der Waals surface area contributed by atoms with Crippen LogP contribution in [0.25, 0.3) is 0 Å². The van der Waals surface area contributed by atoms with E-state index in [9.17, 15) is 4.79 Å². The highest BCUT2D eigenvalue weighted by Crippen LogP contribution is 2.20. The normalized spacial score (nSPS) is 12.3. The summed E-state index contributed by atoms with van der Waals surface area (Å²) in [6, 6.07) is 5.86. The van der Waals surface area contributed by atoms with E-state index in [1.165, 1.54) is 5.56 Å². The van der Waals surface area contributed by atoms with Crippen molar-refractivity contribution in [1.82, 2.24) is 0 Å². The van der Waals surface area contributed by atoms with Crippen molar-refractivity contribution in [2.24, 2.45) is 0 Å². The molecule has 0 amide bonds. The molecule has 0 fully saturated rings. The van der Waals surface area contributed by atoms with Gasteiger partial charge in [-0.15, -0.1) is 11.6 Å². The first-order chi connectivity index (χ1) is 7.04. The van der Waals surface area contributed by atoms with E-state index in [0.29, 0.717) is 0 Å². The molecular weight excluding hydrogens is 212 g/mol. The fourth-order valence-electron chi connectivity index (χ4n) is 1.30. The quantitative estimate of drug-likeness (QED) is 0.738. The molecule has 0 radical (unpaired) electrons. The zero-order valence-corrected chi connectivity index (χ0v) is 9.97. The summed E-state index contributed by atoms with van der Waals surface area (Å²) < 4.78 is 5.52. The maximum Gasteiger partial charge on any atom is 0.187 e. The number of ether oxygens (including phenoxy) is 1. The van der Waals surface area contributed by atoms with E-state index < -0.39 is 6.10 Å². The van der Waals surface area contributed by atoms with Gasteiger partial charge in [-0.1, -0.05) is 17.7 Å². The molecule has 0 N–H and O–H groups in total. The Balaban J connectivity index is 2.76. The molecule has 3 heteroatoms. The van der Waals surface area contributed by atoms with Crippen LogP contribution in [0.4, 0.5) is 0 Å². The highest BCUT2D eigenvalue weighted by Gasteiger charge is 2.13. The molecule has 0 aliphatic rings. The first-order valence-corrected chi connectivity index (χ1v) is 5.40. The molecule has 0 heterocycles. The number of carbonyl (C=O) groups is 1. The van der Waals surface area contributed by atoms with Crippen molar-refractivity contribution in [3.8, 4) is 5.75 Å². The highest BCUT2D eigenvalue weighted by molar-refractivity contribution is 6.28. The van der Waals surface area contributed by atoms with E-state index in [0.717, 1.165) is 11.3 Å². The van der Waals surface area contributed by atoms with Crippen LogP contribution in [0.2, 0.25) is 0 Å². The van der Waals surface area contributed by atoms with E-state index >= 15 is 0 Å². The van der Waals surface area contributed by atoms with Gasteiger partial charge in [0, 0.05) is 0 Å². The molecule has 0 spiro atoms. The van der Waals surface area contributed by atoms with Crippen LogP contribution in [0.15, 0.2) is 18.2 Å². The molecule has 1 aromatic carbocycles. The lowest BCUT2D eigenvalue weighted by atomic mass is 10.1. The van der Waals surface area contributed by atoms with Gasteiger partial charge in [0.1, 0.15) is 5.75 Å². The molecule has 0 bridgehead atoms. The molecule has 0 saturated carbocycles. The Morgan fingerprint density at radius 3 is 2.67 bits per heavy atom. The van der Waals surface area contributed by atoms with E-state index in [2.05, 4.69) is 0 Å². The smallest absolute Gasteiger partial charge is 0.187 e. The number of hydrogen-bond acceptors (Lipinski definition) is 2. The Kier molecular flexibility index (Phi) is 4.15. The predicted octanol–water partition coefficient (Wildman–Crippen LogP) is 2.88. The number of Topliss-reactive ketones (excluding diaryl/α,β-unsaturated/α-hetero) is 1. The monoisotopic (exact) mass is 226 g/mol. The SMILES string of the molecule is Cc1ccc(OC(C)C(=O)CCl)c(C)c1. The molecule has 0 aliphatic carbocycles. The van der Waals surface area contributed by atoms with Crippen LogP contribution in [0, 0.1) is 13.8 Å². The number of aryl methyl sites for hydroxylation is 2. The number of ketones is 1. The summed E-state index contributed by atoms with van der Waals surface area (Å²) in [6.45, 7) is 5.69. The number of benzene rings is 1. The Morgan fingerprint density at radius 1 is 1.47 bits per heavy atom. The number of carbonyl (C=O) groups excluding carboxylic acids is 1. The van der Waals surface area contributed by atoms with Crippen LogP contribution in [0.1, 0.15) is 18.1 Å². The minimum absolute atomic E-state index is 0.00786. The van der Waals surface area contributed by atoms with E-state index in [4.69, 9.17) is 16.3 Å². The molecule has 1 aromatic rings. The summed E-state index contributed by atoms with van der Waals surface area (Å²) in [7, 11) is 0. The van der Waals surface area contributed by atoms with Crippen LogP contribution in [-0.4, -0.2) is 17.8 Å². The predicted molar refractivity (Wildman–Crippen MR) is 61.7 cm³/mol. The maximum absolute atomic E-state index is 11.2. The second kappa shape index (κ2) is 5.17. The Labute approximate surface area is 95.2 Å². The molecule has 0 saturated heterocycles. The molecule has 2 nitrogen and oxygen atoms in total. The van der Waals surface area contributed by atoms with Crippen molar-refractivity contribution in [2.75, 3.05) is 5.88 Å². The van der Waals surface area contributed by atoms with Crippen molar-refractivity contribution in [2.45, 2.75) is 26.9 Å². The molecule has 82 valence electrons. The lowest BCUT2D eigenvalue weighted by Gasteiger charge is -2.14. The molecule has 15 heavy (non-hydrogen) atoms. The summed E-state index contributed by atoms with van der Waals surface area (Å²) >= 11 is 5.45. The summed E-state index contributed by atoms with van der Waals surface area (Å²) in [5, 5.41) is 0. The lowest BCUT2D eigenvalue weighted by Crippen LogP contribution is -2.25. The van der Waals surface area contributed by atoms with Gasteiger partial charge in [-0.05, 0) is 32.4 Å². The zero-order chi connectivity index (χ0) is 11.4. The van der Waals surface area contributed by atoms with Gasteiger partial charge >= 0.3 is 0 Å². The largest absolute Gasteiger partial charge is 0.483 e. The fraction of sp³-hybridized carbons (Fsp3) is 0.417. The highest BCUT2D eigenvalue weighted by atomic mass is 35.5. The molecule has 0 aliphatic heterocycles. The molecule has 1 atom stereocenters. The third-order valence-electron chi connectivity index (χ3n) is 2.22. The summed E-state index contributed by atoms with van der Waals surface area (Å²) in [5.74, 6) is 0.634. The minimum Gasteiger partial charge on any atom is -0.483 e. The van der Waals surface area contributed by atoms with Gasteiger partial charge in [-0.3, -0.25) is 4.79 Å². The molecule has 0 aromatic heterocycles. The topological polar surface area (TPSA) is 26.3 Å². The molecule has 1 rings (SSSR count). The van der Waals surface area contributed by atoms with Crippen LogP contribution in [-0.2, 0) is 4.79 Å². The summed E-state index contributed by atoms with van der Waals surface area (Å²) in [5.41, 5.74) is 2.21. The van der Waals surface area contributed by atoms with E-state index in [-0.39, 0.29) is 11.7 Å². The fourth-order valence-corrected chi connectivity index (χ4v) is 1.51. The second-order valence-corrected chi connectivity index (χ2v) is 3.90. The Bertz CT molecular complexity index is 361. The Morgan fingerprint density at radius 2 is 2.13 bits per heavy atom. The van der Waals surface area contributed by atoms with Crippen LogP contribution in [0.5, 0.6) is 5.75 Å². The minimum atomic E-state index is -0.482. The van der Waals surface area contributed by atoms with Gasteiger partial charge in [-0.2, -0.15) is 0 Å². The molecule has 1 unspecified atom stereocenters. The number of alkyl halides is 1. The number of hydrogen-bond donors (Lipinski definition) is 0. The van der Waals surface area contributed by atoms with Crippen molar-refractivity contribution in [3.05, 3.63) is 29.3 Å². The number of rotatable bonds is 4. The van der Waals surface area contributed by atoms with Gasteiger partial charge in [0.15, 0.2) is 11.9 Å².